The van der Waals surface area contributed by atoms with Gasteiger partial charge in [0, 0.05) is 29.0 Å². The summed E-state index contributed by atoms with van der Waals surface area (Å²) in [5.74, 6) is 5.59. The highest BCUT2D eigenvalue weighted by atomic mass is 35.5. The van der Waals surface area contributed by atoms with Gasteiger partial charge in [-0.25, -0.2) is 0 Å². The van der Waals surface area contributed by atoms with Crippen molar-refractivity contribution in [1.82, 2.24) is 10.4 Å². The van der Waals surface area contributed by atoms with E-state index in [9.17, 15) is 0 Å². The number of nitrogen functional groups attached to an aromatic ring is 1. The van der Waals surface area contributed by atoms with Gasteiger partial charge in [-0.2, -0.15) is 0 Å². The van der Waals surface area contributed by atoms with Crippen LogP contribution in [0.3, 0.4) is 0 Å². The molecule has 1 atom stereocenters. The highest BCUT2D eigenvalue weighted by Gasteiger charge is 2.14. The fourth-order valence-corrected chi connectivity index (χ4v) is 2.03. The van der Waals surface area contributed by atoms with E-state index in [-0.39, 0.29) is 6.04 Å². The van der Waals surface area contributed by atoms with E-state index in [1.54, 1.807) is 18.3 Å². The minimum atomic E-state index is -0.0860. The zero-order valence-corrected chi connectivity index (χ0v) is 10.6. The van der Waals surface area contributed by atoms with Crippen molar-refractivity contribution in [3.8, 4) is 0 Å². The van der Waals surface area contributed by atoms with Gasteiger partial charge >= 0.3 is 0 Å². The van der Waals surface area contributed by atoms with Crippen LogP contribution in [0.4, 0.5) is 5.69 Å². The summed E-state index contributed by atoms with van der Waals surface area (Å²) in [6.07, 6.45) is 2.43. The lowest BCUT2D eigenvalue weighted by Gasteiger charge is -2.18. The van der Waals surface area contributed by atoms with Crippen LogP contribution in [0.15, 0.2) is 42.6 Å². The molecule has 0 fully saturated rings. The molecular formula is C13H15ClN4. The van der Waals surface area contributed by atoms with Crippen LogP contribution in [0.1, 0.15) is 17.3 Å². The van der Waals surface area contributed by atoms with Crippen LogP contribution in [-0.4, -0.2) is 4.98 Å². The van der Waals surface area contributed by atoms with Gasteiger partial charge in [0.25, 0.3) is 0 Å². The smallest absolute Gasteiger partial charge is 0.0535 e. The summed E-state index contributed by atoms with van der Waals surface area (Å²) in [6.45, 7) is 0. The van der Waals surface area contributed by atoms with Crippen molar-refractivity contribution in [2.24, 2.45) is 5.84 Å². The summed E-state index contributed by atoms with van der Waals surface area (Å²) in [4.78, 5) is 4.28. The Morgan fingerprint density at radius 2 is 2.11 bits per heavy atom. The van der Waals surface area contributed by atoms with E-state index in [2.05, 4.69) is 10.4 Å². The Morgan fingerprint density at radius 1 is 1.28 bits per heavy atom. The van der Waals surface area contributed by atoms with Crippen molar-refractivity contribution in [2.45, 2.75) is 12.5 Å². The van der Waals surface area contributed by atoms with E-state index >= 15 is 0 Å². The normalized spacial score (nSPS) is 12.3. The molecule has 0 radical (unpaired) electrons. The minimum Gasteiger partial charge on any atom is -0.398 e. The number of pyridine rings is 1. The van der Waals surface area contributed by atoms with E-state index < -0.39 is 0 Å². The van der Waals surface area contributed by atoms with Crippen LogP contribution in [0, 0.1) is 0 Å². The molecule has 5 N–H and O–H groups in total. The predicted molar refractivity (Wildman–Crippen MR) is 73.9 cm³/mol. The molecule has 5 heteroatoms. The van der Waals surface area contributed by atoms with Crippen molar-refractivity contribution in [1.29, 1.82) is 0 Å². The molecule has 0 bridgehead atoms. The number of halogens is 1. The number of nitrogens with one attached hydrogen (secondary N) is 1. The molecule has 2 rings (SSSR count). The molecule has 0 spiro atoms. The maximum Gasteiger partial charge on any atom is 0.0535 e. The van der Waals surface area contributed by atoms with Gasteiger partial charge in [-0.1, -0.05) is 23.7 Å². The molecule has 0 saturated heterocycles. The largest absolute Gasteiger partial charge is 0.398 e. The molecule has 1 aromatic carbocycles. The molecule has 18 heavy (non-hydrogen) atoms. The molecule has 1 unspecified atom stereocenters. The number of nitrogens with two attached hydrogens (primary N) is 2. The van der Waals surface area contributed by atoms with E-state index in [4.69, 9.17) is 23.2 Å². The van der Waals surface area contributed by atoms with Gasteiger partial charge < -0.3 is 5.73 Å². The van der Waals surface area contributed by atoms with E-state index in [0.29, 0.717) is 17.1 Å². The lowest BCUT2D eigenvalue weighted by Crippen LogP contribution is -2.30. The summed E-state index contributed by atoms with van der Waals surface area (Å²) < 4.78 is 0. The number of hydrogen-bond donors (Lipinski definition) is 3. The zero-order chi connectivity index (χ0) is 13.0. The Kier molecular flexibility index (Phi) is 4.15. The van der Waals surface area contributed by atoms with Crippen molar-refractivity contribution in [3.05, 3.63) is 58.9 Å². The van der Waals surface area contributed by atoms with E-state index in [0.717, 1.165) is 11.3 Å². The molecule has 4 nitrogen and oxygen atoms in total. The quantitative estimate of drug-likeness (QED) is 0.448. The molecule has 94 valence electrons. The molecule has 0 amide bonds. The Labute approximate surface area is 111 Å². The molecule has 0 aliphatic heterocycles. The SMILES string of the molecule is NNC(Cc1ccccn1)c1ccc(Cl)cc1N. The van der Waals surface area contributed by atoms with Crippen molar-refractivity contribution in [3.63, 3.8) is 0 Å². The summed E-state index contributed by atoms with van der Waals surface area (Å²) in [7, 11) is 0. The summed E-state index contributed by atoms with van der Waals surface area (Å²) in [6, 6.07) is 11.1. The van der Waals surface area contributed by atoms with E-state index in [1.165, 1.54) is 0 Å². The minimum absolute atomic E-state index is 0.0860. The number of rotatable bonds is 4. The van der Waals surface area contributed by atoms with Gasteiger partial charge in [0.05, 0.1) is 6.04 Å². The standard InChI is InChI=1S/C13H15ClN4/c14-9-4-5-11(12(15)7-9)13(18-16)8-10-3-1-2-6-17-10/h1-7,13,18H,8,15-16H2. The second kappa shape index (κ2) is 5.82. The van der Waals surface area contributed by atoms with Gasteiger partial charge in [0.1, 0.15) is 0 Å². The van der Waals surface area contributed by atoms with Crippen LogP contribution in [0.2, 0.25) is 5.02 Å². The van der Waals surface area contributed by atoms with Crippen LogP contribution < -0.4 is 17.0 Å². The fourth-order valence-electron chi connectivity index (χ4n) is 1.85. The Bertz CT molecular complexity index is 516. The number of hydrazine groups is 1. The number of hydrogen-bond acceptors (Lipinski definition) is 4. The third kappa shape index (κ3) is 2.98. The van der Waals surface area contributed by atoms with Gasteiger partial charge in [-0.15, -0.1) is 0 Å². The molecular weight excluding hydrogens is 248 g/mol. The first kappa shape index (κ1) is 12.8. The first-order valence-electron chi connectivity index (χ1n) is 5.61. The number of anilines is 1. The molecule has 1 heterocycles. The van der Waals surface area contributed by atoms with Gasteiger partial charge in [-0.05, 0) is 29.8 Å². The molecule has 2 aromatic rings. The first-order chi connectivity index (χ1) is 8.70. The first-order valence-corrected chi connectivity index (χ1v) is 5.99. The molecule has 1 aromatic heterocycles. The lowest BCUT2D eigenvalue weighted by molar-refractivity contribution is 0.547. The average Bonchev–Trinajstić information content (AvgIpc) is 2.38. The lowest BCUT2D eigenvalue weighted by atomic mass is 10.0. The fraction of sp³-hybridized carbons (Fsp3) is 0.154. The second-order valence-corrected chi connectivity index (χ2v) is 4.45. The third-order valence-corrected chi connectivity index (χ3v) is 3.00. The number of aromatic nitrogens is 1. The van der Waals surface area contributed by atoms with E-state index in [1.807, 2.05) is 24.3 Å². The Balaban J connectivity index is 2.23. The summed E-state index contributed by atoms with van der Waals surface area (Å²) >= 11 is 5.88. The zero-order valence-electron chi connectivity index (χ0n) is 9.81. The Hall–Kier alpha value is -1.62. The molecule has 0 aliphatic carbocycles. The number of benzene rings is 1. The van der Waals surface area contributed by atoms with Crippen LogP contribution in [0.5, 0.6) is 0 Å². The van der Waals surface area contributed by atoms with Gasteiger partial charge in [0.2, 0.25) is 0 Å². The predicted octanol–water partition coefficient (Wildman–Crippen LogP) is 2.06. The van der Waals surface area contributed by atoms with Crippen LogP contribution in [-0.2, 0) is 6.42 Å². The van der Waals surface area contributed by atoms with Crippen molar-refractivity contribution < 1.29 is 0 Å². The average molecular weight is 263 g/mol. The van der Waals surface area contributed by atoms with Crippen LogP contribution in [0.25, 0.3) is 0 Å². The van der Waals surface area contributed by atoms with Crippen molar-refractivity contribution >= 4 is 17.3 Å². The Morgan fingerprint density at radius 3 is 2.72 bits per heavy atom. The van der Waals surface area contributed by atoms with Gasteiger partial charge in [-0.3, -0.25) is 16.3 Å². The van der Waals surface area contributed by atoms with Gasteiger partial charge in [0.15, 0.2) is 0 Å². The number of nitrogens with zero attached hydrogens (tertiary/aromatic N) is 1. The topological polar surface area (TPSA) is 77.0 Å². The highest BCUT2D eigenvalue weighted by Crippen LogP contribution is 2.25. The third-order valence-electron chi connectivity index (χ3n) is 2.76. The maximum absolute atomic E-state index is 5.95. The molecule has 0 saturated carbocycles. The van der Waals surface area contributed by atoms with Crippen molar-refractivity contribution in [2.75, 3.05) is 5.73 Å². The summed E-state index contributed by atoms with van der Waals surface area (Å²) in [5, 5.41) is 0.616. The molecule has 0 aliphatic rings. The summed E-state index contributed by atoms with van der Waals surface area (Å²) in [5.41, 5.74) is 11.2. The maximum atomic E-state index is 5.95. The van der Waals surface area contributed by atoms with Crippen LogP contribution >= 0.6 is 11.6 Å². The second-order valence-electron chi connectivity index (χ2n) is 4.02. The monoisotopic (exact) mass is 262 g/mol. The highest BCUT2D eigenvalue weighted by molar-refractivity contribution is 6.30.